The highest BCUT2D eigenvalue weighted by atomic mass is 16.2. The maximum Gasteiger partial charge on any atom is 0.252 e. The van der Waals surface area contributed by atoms with Crippen molar-refractivity contribution >= 4 is 28.7 Å². The molecule has 0 aliphatic carbocycles. The molecule has 0 unspecified atom stereocenters. The molecule has 7 heteroatoms. The van der Waals surface area contributed by atoms with Crippen molar-refractivity contribution in [2.45, 2.75) is 6.42 Å². The van der Waals surface area contributed by atoms with Crippen LogP contribution in [0, 0.1) is 0 Å². The summed E-state index contributed by atoms with van der Waals surface area (Å²) in [5, 5.41) is 4.05. The lowest BCUT2D eigenvalue weighted by atomic mass is 10.2. The van der Waals surface area contributed by atoms with Gasteiger partial charge in [0.25, 0.3) is 5.91 Å². The number of nitrogens with zero attached hydrogens (tertiary/aromatic N) is 3. The van der Waals surface area contributed by atoms with Crippen molar-refractivity contribution in [1.29, 1.82) is 0 Å². The number of carbonyl (C=O) groups excluding carboxylic acids is 2. The van der Waals surface area contributed by atoms with Gasteiger partial charge < -0.3 is 16.4 Å². The Hall–Kier alpha value is -2.57. The number of nitrogen functional groups attached to an aromatic ring is 1. The number of carbonyl (C=O) groups is 2. The second-order valence-corrected chi connectivity index (χ2v) is 4.16. The average molecular weight is 245 g/mol. The first-order valence-corrected chi connectivity index (χ1v) is 5.45. The van der Waals surface area contributed by atoms with Crippen molar-refractivity contribution in [1.82, 2.24) is 9.61 Å². The van der Waals surface area contributed by atoms with Crippen molar-refractivity contribution in [3.63, 3.8) is 0 Å². The van der Waals surface area contributed by atoms with Crippen LogP contribution in [0.5, 0.6) is 0 Å². The molecule has 0 aromatic carbocycles. The van der Waals surface area contributed by atoms with Crippen LogP contribution in [-0.2, 0) is 4.79 Å². The molecule has 1 saturated heterocycles. The standard InChI is InChI=1S/C11H11N5O2/c12-10-7(11(13)18)4-14-16-5-6(3-8(10)16)15-2-1-9(15)17/h3-5H,1-2,12H2,(H2,13,18). The maximum absolute atomic E-state index is 11.4. The van der Waals surface area contributed by atoms with E-state index >= 15 is 0 Å². The van der Waals surface area contributed by atoms with Gasteiger partial charge in [-0.25, -0.2) is 4.52 Å². The molecular formula is C11H11N5O2. The van der Waals surface area contributed by atoms with E-state index in [0.717, 1.165) is 5.69 Å². The van der Waals surface area contributed by atoms with Crippen molar-refractivity contribution in [3.8, 4) is 0 Å². The van der Waals surface area contributed by atoms with Crippen molar-refractivity contribution in [2.24, 2.45) is 5.73 Å². The van der Waals surface area contributed by atoms with Crippen LogP contribution < -0.4 is 16.4 Å². The molecule has 3 heterocycles. The molecule has 7 nitrogen and oxygen atoms in total. The van der Waals surface area contributed by atoms with Crippen molar-refractivity contribution in [2.75, 3.05) is 17.2 Å². The van der Waals surface area contributed by atoms with Crippen LogP contribution in [0.2, 0.25) is 0 Å². The second-order valence-electron chi connectivity index (χ2n) is 4.16. The quantitative estimate of drug-likeness (QED) is 0.711. The van der Waals surface area contributed by atoms with E-state index in [9.17, 15) is 9.59 Å². The third kappa shape index (κ3) is 1.33. The fourth-order valence-electron chi connectivity index (χ4n) is 1.99. The summed E-state index contributed by atoms with van der Waals surface area (Å²) < 4.78 is 1.53. The summed E-state index contributed by atoms with van der Waals surface area (Å²) in [5.74, 6) is -0.551. The highest BCUT2D eigenvalue weighted by Crippen LogP contribution is 2.27. The average Bonchev–Trinajstić information content (AvgIpc) is 2.71. The Morgan fingerprint density at radius 3 is 2.78 bits per heavy atom. The third-order valence-corrected chi connectivity index (χ3v) is 3.09. The summed E-state index contributed by atoms with van der Waals surface area (Å²) in [6.07, 6.45) is 3.58. The van der Waals surface area contributed by atoms with Gasteiger partial charge in [-0.05, 0) is 6.07 Å². The monoisotopic (exact) mass is 245 g/mol. The van der Waals surface area contributed by atoms with Crippen LogP contribution in [0.25, 0.3) is 5.52 Å². The Kier molecular flexibility index (Phi) is 2.03. The van der Waals surface area contributed by atoms with Gasteiger partial charge in [-0.3, -0.25) is 9.59 Å². The summed E-state index contributed by atoms with van der Waals surface area (Å²) in [7, 11) is 0. The predicted octanol–water partition coefficient (Wildman–Crippen LogP) is -0.248. The number of hydrogen-bond donors (Lipinski definition) is 2. The molecule has 4 N–H and O–H groups in total. The van der Waals surface area contributed by atoms with Gasteiger partial charge in [-0.15, -0.1) is 0 Å². The third-order valence-electron chi connectivity index (χ3n) is 3.09. The Labute approximate surface area is 102 Å². The normalized spacial score (nSPS) is 14.9. The van der Waals surface area contributed by atoms with Crippen molar-refractivity contribution in [3.05, 3.63) is 24.0 Å². The highest BCUT2D eigenvalue weighted by molar-refractivity contribution is 6.03. The topological polar surface area (TPSA) is 107 Å². The number of amides is 2. The SMILES string of the molecule is NC(=O)c1cnn2cc(N3CCC3=O)cc2c1N. The van der Waals surface area contributed by atoms with Gasteiger partial charge in [0, 0.05) is 13.0 Å². The van der Waals surface area contributed by atoms with E-state index in [1.54, 1.807) is 17.2 Å². The smallest absolute Gasteiger partial charge is 0.252 e. The summed E-state index contributed by atoms with van der Waals surface area (Å²) in [6.45, 7) is 0.693. The molecule has 0 radical (unpaired) electrons. The molecule has 0 bridgehead atoms. The molecule has 3 rings (SSSR count). The van der Waals surface area contributed by atoms with Gasteiger partial charge in [0.1, 0.15) is 0 Å². The predicted molar refractivity (Wildman–Crippen MR) is 65.1 cm³/mol. The molecular weight excluding hydrogens is 234 g/mol. The number of hydrogen-bond acceptors (Lipinski definition) is 4. The molecule has 0 spiro atoms. The zero-order chi connectivity index (χ0) is 12.9. The van der Waals surface area contributed by atoms with Crippen LogP contribution in [0.4, 0.5) is 11.4 Å². The molecule has 2 aromatic heterocycles. The minimum absolute atomic E-state index is 0.0691. The van der Waals surface area contributed by atoms with Gasteiger partial charge in [0.15, 0.2) is 0 Å². The molecule has 1 aliphatic rings. The zero-order valence-electron chi connectivity index (χ0n) is 9.46. The van der Waals surface area contributed by atoms with E-state index in [2.05, 4.69) is 5.10 Å². The molecule has 18 heavy (non-hydrogen) atoms. The van der Waals surface area contributed by atoms with E-state index in [1.165, 1.54) is 10.7 Å². The highest BCUT2D eigenvalue weighted by Gasteiger charge is 2.26. The van der Waals surface area contributed by atoms with Gasteiger partial charge in [-0.2, -0.15) is 5.10 Å². The summed E-state index contributed by atoms with van der Waals surface area (Å²) in [4.78, 5) is 24.1. The summed E-state index contributed by atoms with van der Waals surface area (Å²) in [5.41, 5.74) is 12.8. The number of primary amides is 1. The van der Waals surface area contributed by atoms with Crippen LogP contribution in [-0.4, -0.2) is 28.0 Å². The van der Waals surface area contributed by atoms with E-state index in [1.807, 2.05) is 0 Å². The number of aromatic nitrogens is 2. The molecule has 1 fully saturated rings. The van der Waals surface area contributed by atoms with E-state index in [4.69, 9.17) is 11.5 Å². The Balaban J connectivity index is 2.14. The lowest BCUT2D eigenvalue weighted by Crippen LogP contribution is -2.43. The summed E-state index contributed by atoms with van der Waals surface area (Å²) in [6, 6.07) is 1.73. The number of nitrogens with two attached hydrogens (primary N) is 2. The number of β-lactam (4-membered cyclic amide) rings is 1. The minimum atomic E-state index is -0.620. The molecule has 0 atom stereocenters. The lowest BCUT2D eigenvalue weighted by Gasteiger charge is -2.29. The van der Waals surface area contributed by atoms with Crippen LogP contribution in [0.1, 0.15) is 16.8 Å². The second kappa shape index (κ2) is 3.46. The minimum Gasteiger partial charge on any atom is -0.396 e. The van der Waals surface area contributed by atoms with Gasteiger partial charge in [-0.1, -0.05) is 0 Å². The molecule has 1 aliphatic heterocycles. The first kappa shape index (κ1) is 10.6. The fourth-order valence-corrected chi connectivity index (χ4v) is 1.99. The van der Waals surface area contributed by atoms with E-state index in [0.29, 0.717) is 18.5 Å². The molecule has 2 amide bonds. The Morgan fingerprint density at radius 1 is 1.44 bits per heavy atom. The molecule has 92 valence electrons. The van der Waals surface area contributed by atoms with E-state index < -0.39 is 5.91 Å². The van der Waals surface area contributed by atoms with Crippen LogP contribution in [0.15, 0.2) is 18.5 Å². The van der Waals surface area contributed by atoms with E-state index in [-0.39, 0.29) is 17.2 Å². The number of rotatable bonds is 2. The Morgan fingerprint density at radius 2 is 2.22 bits per heavy atom. The Bertz CT molecular complexity index is 675. The van der Waals surface area contributed by atoms with Crippen LogP contribution >= 0.6 is 0 Å². The first-order valence-electron chi connectivity index (χ1n) is 5.45. The van der Waals surface area contributed by atoms with Gasteiger partial charge in [0.05, 0.1) is 34.8 Å². The molecule has 0 saturated carbocycles. The van der Waals surface area contributed by atoms with Crippen molar-refractivity contribution < 1.29 is 9.59 Å². The number of fused-ring (bicyclic) bond motifs is 1. The molecule has 2 aromatic rings. The fraction of sp³-hybridized carbons (Fsp3) is 0.182. The van der Waals surface area contributed by atoms with Crippen LogP contribution in [0.3, 0.4) is 0 Å². The summed E-state index contributed by atoms with van der Waals surface area (Å²) >= 11 is 0. The number of anilines is 2. The van der Waals surface area contributed by atoms with Gasteiger partial charge >= 0.3 is 0 Å². The first-order chi connectivity index (χ1) is 8.58. The zero-order valence-corrected chi connectivity index (χ0v) is 9.46. The largest absolute Gasteiger partial charge is 0.396 e. The lowest BCUT2D eigenvalue weighted by molar-refractivity contribution is -0.122. The van der Waals surface area contributed by atoms with Gasteiger partial charge in [0.2, 0.25) is 5.91 Å². The maximum atomic E-state index is 11.4.